The highest BCUT2D eigenvalue weighted by atomic mass is 16.1. The van der Waals surface area contributed by atoms with Gasteiger partial charge in [-0.15, -0.1) is 0 Å². The van der Waals surface area contributed by atoms with E-state index < -0.39 is 0 Å². The number of nitrogens with zero attached hydrogens (tertiary/aromatic N) is 1. The minimum absolute atomic E-state index is 0.0739. The molecular weight excluding hydrogens is 546 g/mol. The van der Waals surface area contributed by atoms with Gasteiger partial charge in [0.05, 0.1) is 5.52 Å². The van der Waals surface area contributed by atoms with Crippen molar-refractivity contribution in [2.24, 2.45) is 0 Å². The lowest BCUT2D eigenvalue weighted by molar-refractivity contribution is 1.10. The van der Waals surface area contributed by atoms with Gasteiger partial charge in [0.25, 0.3) is 5.56 Å². The van der Waals surface area contributed by atoms with Crippen molar-refractivity contribution in [1.29, 1.82) is 0 Å². The lowest BCUT2D eigenvalue weighted by Gasteiger charge is -2.17. The van der Waals surface area contributed by atoms with Crippen molar-refractivity contribution in [2.45, 2.75) is 0 Å². The molecule has 0 atom stereocenters. The second-order valence-electron chi connectivity index (χ2n) is 11.3. The van der Waals surface area contributed by atoms with Crippen LogP contribution in [0.25, 0.3) is 81.9 Å². The molecule has 0 fully saturated rings. The van der Waals surface area contributed by atoms with Crippen molar-refractivity contribution in [1.82, 2.24) is 4.57 Å². The molecule has 0 bridgehead atoms. The van der Waals surface area contributed by atoms with Gasteiger partial charge in [0.1, 0.15) is 0 Å². The van der Waals surface area contributed by atoms with E-state index in [0.717, 1.165) is 33.0 Å². The molecule has 0 aliphatic heterocycles. The summed E-state index contributed by atoms with van der Waals surface area (Å²) in [5, 5.41) is 10.3. The van der Waals surface area contributed by atoms with Crippen LogP contribution in [0.2, 0.25) is 0 Å². The third kappa shape index (κ3) is 4.15. The van der Waals surface area contributed by atoms with Crippen LogP contribution in [0.4, 0.5) is 0 Å². The Bertz CT molecular complexity index is 2550. The van der Waals surface area contributed by atoms with Gasteiger partial charge in [-0.1, -0.05) is 134 Å². The number of fused-ring (bicyclic) bond motifs is 9. The van der Waals surface area contributed by atoms with Gasteiger partial charge in [-0.25, -0.2) is 0 Å². The van der Waals surface area contributed by atoms with Crippen LogP contribution in [-0.2, 0) is 0 Å². The van der Waals surface area contributed by atoms with Crippen LogP contribution < -0.4 is 5.56 Å². The summed E-state index contributed by atoms with van der Waals surface area (Å²) >= 11 is 0. The molecule has 0 radical (unpaired) electrons. The maximum absolute atomic E-state index is 13.8. The number of pyridine rings is 1. The fraction of sp³-hybridized carbons (Fsp3) is 0. The molecule has 0 unspecified atom stereocenters. The molecule has 2 heteroatoms. The molecule has 45 heavy (non-hydrogen) atoms. The largest absolute Gasteiger partial charge is 0.276 e. The Labute approximate surface area is 261 Å². The van der Waals surface area contributed by atoms with E-state index in [1.807, 2.05) is 42.5 Å². The zero-order valence-corrected chi connectivity index (χ0v) is 24.7. The minimum Gasteiger partial charge on any atom is -0.276 e. The van der Waals surface area contributed by atoms with E-state index >= 15 is 0 Å². The van der Waals surface area contributed by atoms with Gasteiger partial charge in [0, 0.05) is 16.5 Å². The zero-order valence-electron chi connectivity index (χ0n) is 24.7. The second-order valence-corrected chi connectivity index (χ2v) is 11.3. The molecule has 0 aliphatic carbocycles. The highest BCUT2D eigenvalue weighted by molar-refractivity contribution is 6.25. The topological polar surface area (TPSA) is 22.0 Å². The molecule has 2 nitrogen and oxygen atoms in total. The highest BCUT2D eigenvalue weighted by Crippen LogP contribution is 2.38. The van der Waals surface area contributed by atoms with E-state index in [9.17, 15) is 4.79 Å². The molecule has 0 spiro atoms. The van der Waals surface area contributed by atoms with E-state index in [0.29, 0.717) is 11.1 Å². The van der Waals surface area contributed by atoms with Crippen LogP contribution >= 0.6 is 0 Å². The van der Waals surface area contributed by atoms with Gasteiger partial charge in [0.2, 0.25) is 0 Å². The number of aromatic nitrogens is 1. The quantitative estimate of drug-likeness (QED) is 0.148. The van der Waals surface area contributed by atoms with Crippen molar-refractivity contribution in [2.75, 3.05) is 0 Å². The van der Waals surface area contributed by atoms with Gasteiger partial charge >= 0.3 is 0 Å². The van der Waals surface area contributed by atoms with Crippen LogP contribution in [0, 0.1) is 0 Å². The summed E-state index contributed by atoms with van der Waals surface area (Å²) in [5.74, 6) is 0. The summed E-state index contributed by atoms with van der Waals surface area (Å²) in [7, 11) is 0. The Morgan fingerprint density at radius 1 is 0.511 bits per heavy atom. The molecule has 0 saturated heterocycles. The van der Waals surface area contributed by atoms with E-state index in [-0.39, 0.29) is 5.56 Å². The Balaban J connectivity index is 1.31. The molecule has 212 valence electrons. The molecule has 0 aliphatic rings. The van der Waals surface area contributed by atoms with Crippen molar-refractivity contribution < 1.29 is 0 Å². The molecule has 7 aromatic carbocycles. The summed E-state index contributed by atoms with van der Waals surface area (Å²) in [6.45, 7) is 7.83. The lowest BCUT2D eigenvalue weighted by Crippen LogP contribution is -2.19. The number of rotatable bonds is 5. The van der Waals surface area contributed by atoms with Crippen LogP contribution in [-0.4, -0.2) is 4.57 Å². The standard InChI is InChI=1S/C43H29NO/c1-3-12-31(4-2)44-41-20-11-19-32(42(41)38-17-9-10-18-39(38)43(44)45)29-23-21-28(22-24-29)30-25-26-37-35-15-6-5-13-33(35)34-14-7-8-16-36(34)40(37)27-30/h3-27H,1-2H2/b31-12+. The van der Waals surface area contributed by atoms with Crippen molar-refractivity contribution in [3.05, 3.63) is 175 Å². The molecule has 0 saturated carbocycles. The first-order valence-corrected chi connectivity index (χ1v) is 15.1. The molecule has 0 N–H and O–H groups in total. The van der Waals surface area contributed by atoms with Crippen LogP contribution in [0.15, 0.2) is 170 Å². The predicted molar refractivity (Wildman–Crippen MR) is 194 cm³/mol. The normalized spacial score (nSPS) is 12.0. The fourth-order valence-corrected chi connectivity index (χ4v) is 6.91. The third-order valence-electron chi connectivity index (χ3n) is 8.94. The Morgan fingerprint density at radius 2 is 1.04 bits per heavy atom. The smallest absolute Gasteiger partial charge is 0.263 e. The maximum atomic E-state index is 13.8. The molecular formula is C43H29NO. The third-order valence-corrected chi connectivity index (χ3v) is 8.94. The summed E-state index contributed by atoms with van der Waals surface area (Å²) in [4.78, 5) is 13.8. The first-order valence-electron chi connectivity index (χ1n) is 15.1. The summed E-state index contributed by atoms with van der Waals surface area (Å²) < 4.78 is 1.74. The molecule has 8 rings (SSSR count). The SMILES string of the molecule is C=C/C=C(\C=C)n1c(=O)c2ccccc2c2c(-c3ccc(-c4ccc5c6ccccc6c6ccccc6c5c4)cc3)cccc21. The van der Waals surface area contributed by atoms with Crippen molar-refractivity contribution >= 4 is 59.7 Å². The maximum Gasteiger partial charge on any atom is 0.263 e. The summed E-state index contributed by atoms with van der Waals surface area (Å²) in [6, 6.07) is 46.9. The molecule has 1 heterocycles. The van der Waals surface area contributed by atoms with Crippen molar-refractivity contribution in [3.63, 3.8) is 0 Å². The zero-order chi connectivity index (χ0) is 30.5. The first-order chi connectivity index (χ1) is 22.2. The van der Waals surface area contributed by atoms with Gasteiger partial charge in [-0.05, 0) is 90.3 Å². The number of hydrogen-bond acceptors (Lipinski definition) is 1. The summed E-state index contributed by atoms with van der Waals surface area (Å²) in [6.07, 6.45) is 5.21. The number of allylic oxidation sites excluding steroid dienone is 4. The average Bonchev–Trinajstić information content (AvgIpc) is 3.11. The number of benzene rings is 7. The molecule has 1 aromatic heterocycles. The Kier molecular flexibility index (Phi) is 6.28. The van der Waals surface area contributed by atoms with Gasteiger partial charge in [-0.2, -0.15) is 0 Å². The van der Waals surface area contributed by atoms with Crippen LogP contribution in [0.5, 0.6) is 0 Å². The fourth-order valence-electron chi connectivity index (χ4n) is 6.91. The Morgan fingerprint density at radius 3 is 1.67 bits per heavy atom. The molecule has 0 amide bonds. The minimum atomic E-state index is -0.0739. The number of hydrogen-bond donors (Lipinski definition) is 0. The predicted octanol–water partition coefficient (Wildman–Crippen LogP) is 11.2. The molecule has 8 aromatic rings. The summed E-state index contributed by atoms with van der Waals surface area (Å²) in [5.41, 5.74) is 5.94. The second kappa shape index (κ2) is 10.6. The van der Waals surface area contributed by atoms with E-state index in [1.165, 1.54) is 37.9 Å². The monoisotopic (exact) mass is 575 g/mol. The van der Waals surface area contributed by atoms with Gasteiger partial charge in [0.15, 0.2) is 0 Å². The highest BCUT2D eigenvalue weighted by Gasteiger charge is 2.16. The van der Waals surface area contributed by atoms with E-state index in [1.54, 1.807) is 16.7 Å². The average molecular weight is 576 g/mol. The van der Waals surface area contributed by atoms with Crippen molar-refractivity contribution in [3.8, 4) is 22.3 Å². The van der Waals surface area contributed by atoms with Gasteiger partial charge in [-0.3, -0.25) is 9.36 Å². The first kappa shape index (κ1) is 26.6. The van der Waals surface area contributed by atoms with Crippen LogP contribution in [0.3, 0.4) is 0 Å². The van der Waals surface area contributed by atoms with Gasteiger partial charge < -0.3 is 0 Å². The Hall–Kier alpha value is -5.99. The lowest BCUT2D eigenvalue weighted by atomic mass is 9.91. The van der Waals surface area contributed by atoms with Crippen LogP contribution in [0.1, 0.15) is 0 Å². The van der Waals surface area contributed by atoms with E-state index in [4.69, 9.17) is 0 Å². The van der Waals surface area contributed by atoms with E-state index in [2.05, 4.69) is 110 Å².